The van der Waals surface area contributed by atoms with Crippen molar-refractivity contribution >= 4 is 29.0 Å². The molecular weight excluding hydrogens is 291 g/mol. The number of rotatable bonds is 3. The molecule has 0 saturated heterocycles. The van der Waals surface area contributed by atoms with E-state index in [4.69, 9.17) is 23.2 Å². The topological polar surface area (TPSA) is 71.9 Å². The maximum absolute atomic E-state index is 12.0. The Hall–Kier alpha value is -1.85. The van der Waals surface area contributed by atoms with Crippen molar-refractivity contribution in [2.45, 2.75) is 6.54 Å². The number of aromatic nitrogens is 2. The molecule has 0 unspecified atom stereocenters. The summed E-state index contributed by atoms with van der Waals surface area (Å²) in [4.78, 5) is 36.6. The van der Waals surface area contributed by atoms with Crippen LogP contribution in [0.4, 0.5) is 0 Å². The van der Waals surface area contributed by atoms with Crippen molar-refractivity contribution in [3.8, 4) is 0 Å². The molecule has 0 aliphatic carbocycles. The fraction of sp³-hybridized carbons (Fsp3) is 0.0833. The number of halogens is 2. The molecule has 0 fully saturated rings. The quantitative estimate of drug-likeness (QED) is 0.877. The first kappa shape index (κ1) is 13.6. The highest BCUT2D eigenvalue weighted by atomic mass is 35.5. The van der Waals surface area contributed by atoms with Gasteiger partial charge in [0.1, 0.15) is 5.02 Å². The van der Waals surface area contributed by atoms with Crippen molar-refractivity contribution in [1.82, 2.24) is 9.55 Å². The summed E-state index contributed by atoms with van der Waals surface area (Å²) in [6.45, 7) is -0.227. The van der Waals surface area contributed by atoms with E-state index >= 15 is 0 Å². The van der Waals surface area contributed by atoms with Crippen molar-refractivity contribution < 1.29 is 4.79 Å². The van der Waals surface area contributed by atoms with Gasteiger partial charge in [-0.3, -0.25) is 19.1 Å². The third kappa shape index (κ3) is 3.13. The number of Topliss-reactive ketones (excluding diaryl/α,β-unsaturated/α-hetero) is 1. The number of H-pyrrole nitrogens is 1. The highest BCUT2D eigenvalue weighted by Gasteiger charge is 2.10. The molecule has 0 saturated carbocycles. The molecule has 0 aliphatic heterocycles. The second-order valence-electron chi connectivity index (χ2n) is 3.80. The highest BCUT2D eigenvalue weighted by Crippen LogP contribution is 2.11. The second kappa shape index (κ2) is 5.42. The predicted octanol–water partition coefficient (Wildman–Crippen LogP) is 1.73. The maximum Gasteiger partial charge on any atom is 0.328 e. The fourth-order valence-electron chi connectivity index (χ4n) is 1.51. The van der Waals surface area contributed by atoms with E-state index in [-0.39, 0.29) is 17.4 Å². The van der Waals surface area contributed by atoms with E-state index in [0.29, 0.717) is 10.6 Å². The molecule has 98 valence electrons. The molecule has 5 nitrogen and oxygen atoms in total. The summed E-state index contributed by atoms with van der Waals surface area (Å²) >= 11 is 11.4. The van der Waals surface area contributed by atoms with Gasteiger partial charge in [0.05, 0.1) is 6.54 Å². The number of carbonyl (C=O) groups is 1. The molecule has 2 aromatic rings. The Bertz CT molecular complexity index is 749. The molecule has 0 radical (unpaired) electrons. The first-order valence-electron chi connectivity index (χ1n) is 5.25. The monoisotopic (exact) mass is 298 g/mol. The molecule has 2 rings (SSSR count). The van der Waals surface area contributed by atoms with Gasteiger partial charge in [0.2, 0.25) is 0 Å². The van der Waals surface area contributed by atoms with Crippen LogP contribution < -0.4 is 11.2 Å². The summed E-state index contributed by atoms with van der Waals surface area (Å²) in [6.07, 6.45) is 1.13. The first-order chi connectivity index (χ1) is 8.97. The zero-order valence-corrected chi connectivity index (χ0v) is 11.0. The molecule has 19 heavy (non-hydrogen) atoms. The van der Waals surface area contributed by atoms with Crippen LogP contribution in [0.2, 0.25) is 10.0 Å². The molecule has 1 aromatic carbocycles. The molecule has 1 heterocycles. The number of carbonyl (C=O) groups excluding carboxylic acids is 1. The third-order valence-electron chi connectivity index (χ3n) is 2.43. The summed E-state index contributed by atoms with van der Waals surface area (Å²) in [5.41, 5.74) is -0.996. The third-order valence-corrected chi connectivity index (χ3v) is 2.93. The minimum Gasteiger partial charge on any atom is -0.292 e. The summed E-state index contributed by atoms with van der Waals surface area (Å²) in [5.74, 6) is -0.312. The van der Waals surface area contributed by atoms with Crippen LogP contribution in [0.5, 0.6) is 0 Å². The van der Waals surface area contributed by atoms with Crippen molar-refractivity contribution in [3.63, 3.8) is 0 Å². The lowest BCUT2D eigenvalue weighted by molar-refractivity contribution is 0.0970. The van der Waals surface area contributed by atoms with Gasteiger partial charge < -0.3 is 0 Å². The SMILES string of the molecule is O=C(Cn1cc(Cl)c(=O)[nH]c1=O)c1cccc(Cl)c1. The number of ketones is 1. The first-order valence-corrected chi connectivity index (χ1v) is 6.01. The molecule has 7 heteroatoms. The van der Waals surface area contributed by atoms with Crippen molar-refractivity contribution in [3.05, 3.63) is 66.9 Å². The molecule has 0 aliphatic rings. The fourth-order valence-corrected chi connectivity index (χ4v) is 1.86. The average molecular weight is 299 g/mol. The van der Waals surface area contributed by atoms with Gasteiger partial charge in [-0.2, -0.15) is 0 Å². The zero-order chi connectivity index (χ0) is 14.0. The smallest absolute Gasteiger partial charge is 0.292 e. The van der Waals surface area contributed by atoms with E-state index < -0.39 is 11.2 Å². The van der Waals surface area contributed by atoms with Gasteiger partial charge in [0.25, 0.3) is 5.56 Å². The Balaban J connectivity index is 2.32. The van der Waals surface area contributed by atoms with Crippen LogP contribution in [-0.2, 0) is 6.54 Å². The number of nitrogens with zero attached hydrogens (tertiary/aromatic N) is 1. The lowest BCUT2D eigenvalue weighted by Gasteiger charge is -2.05. The normalized spacial score (nSPS) is 10.4. The minimum atomic E-state index is -0.690. The second-order valence-corrected chi connectivity index (χ2v) is 4.64. The lowest BCUT2D eigenvalue weighted by atomic mass is 10.1. The molecule has 0 spiro atoms. The minimum absolute atomic E-state index is 0.154. The molecule has 1 aromatic heterocycles. The van der Waals surface area contributed by atoms with Crippen LogP contribution in [0.1, 0.15) is 10.4 Å². The lowest BCUT2D eigenvalue weighted by Crippen LogP contribution is -2.31. The van der Waals surface area contributed by atoms with Gasteiger partial charge in [-0.05, 0) is 12.1 Å². The predicted molar refractivity (Wildman–Crippen MR) is 72.1 cm³/mol. The molecule has 0 bridgehead atoms. The van der Waals surface area contributed by atoms with Crippen molar-refractivity contribution in [1.29, 1.82) is 0 Å². The van der Waals surface area contributed by atoms with Gasteiger partial charge in [-0.15, -0.1) is 0 Å². The van der Waals surface area contributed by atoms with Crippen LogP contribution in [0.15, 0.2) is 40.1 Å². The molecule has 0 atom stereocenters. The summed E-state index contributed by atoms with van der Waals surface area (Å²) < 4.78 is 1.03. The molecule has 0 amide bonds. The zero-order valence-electron chi connectivity index (χ0n) is 9.52. The number of benzene rings is 1. The largest absolute Gasteiger partial charge is 0.328 e. The van der Waals surface area contributed by atoms with Crippen LogP contribution >= 0.6 is 23.2 Å². The van der Waals surface area contributed by atoms with E-state index in [1.165, 1.54) is 6.07 Å². The van der Waals surface area contributed by atoms with E-state index in [1.807, 2.05) is 4.98 Å². The highest BCUT2D eigenvalue weighted by molar-refractivity contribution is 6.31. The Kier molecular flexibility index (Phi) is 3.87. The van der Waals surface area contributed by atoms with Gasteiger partial charge in [-0.25, -0.2) is 4.79 Å². The summed E-state index contributed by atoms with van der Waals surface area (Å²) in [6, 6.07) is 6.37. The standard InChI is InChI=1S/C12H8Cl2N2O3/c13-8-3-1-2-7(4-8)10(17)6-16-5-9(14)11(18)15-12(16)19/h1-5H,6H2,(H,15,18,19). The molecule has 1 N–H and O–H groups in total. The Morgan fingerprint density at radius 1 is 1.26 bits per heavy atom. The van der Waals surface area contributed by atoms with Gasteiger partial charge in [0.15, 0.2) is 5.78 Å². The molecular formula is C12H8Cl2N2O3. The van der Waals surface area contributed by atoms with Crippen LogP contribution in [0, 0.1) is 0 Å². The van der Waals surface area contributed by atoms with Crippen LogP contribution in [-0.4, -0.2) is 15.3 Å². The Morgan fingerprint density at radius 3 is 2.68 bits per heavy atom. The van der Waals surface area contributed by atoms with Crippen molar-refractivity contribution in [2.75, 3.05) is 0 Å². The van der Waals surface area contributed by atoms with E-state index in [9.17, 15) is 14.4 Å². The Morgan fingerprint density at radius 2 is 2.00 bits per heavy atom. The number of nitrogens with one attached hydrogen (secondary N) is 1. The van der Waals surface area contributed by atoms with E-state index in [2.05, 4.69) is 0 Å². The van der Waals surface area contributed by atoms with E-state index in [0.717, 1.165) is 10.8 Å². The van der Waals surface area contributed by atoms with E-state index in [1.54, 1.807) is 18.2 Å². The number of hydrogen-bond donors (Lipinski definition) is 1. The van der Waals surface area contributed by atoms with Crippen LogP contribution in [0.25, 0.3) is 0 Å². The average Bonchev–Trinajstić information content (AvgIpc) is 2.36. The summed E-state index contributed by atoms with van der Waals surface area (Å²) in [7, 11) is 0. The van der Waals surface area contributed by atoms with Crippen LogP contribution in [0.3, 0.4) is 0 Å². The van der Waals surface area contributed by atoms with Gasteiger partial charge in [0, 0.05) is 16.8 Å². The summed E-state index contributed by atoms with van der Waals surface area (Å²) in [5, 5.41) is 0.274. The number of hydrogen-bond acceptors (Lipinski definition) is 3. The number of aromatic amines is 1. The van der Waals surface area contributed by atoms with Gasteiger partial charge >= 0.3 is 5.69 Å². The Labute approximate surface area is 117 Å². The van der Waals surface area contributed by atoms with Crippen molar-refractivity contribution in [2.24, 2.45) is 0 Å². The van der Waals surface area contributed by atoms with Gasteiger partial charge in [-0.1, -0.05) is 35.3 Å². The maximum atomic E-state index is 12.0.